The zero-order valence-electron chi connectivity index (χ0n) is 19.8. The maximum Gasteiger partial charge on any atom is 0.238 e. The van der Waals surface area contributed by atoms with E-state index in [4.69, 9.17) is 4.74 Å². The van der Waals surface area contributed by atoms with Crippen molar-refractivity contribution < 1.29 is 9.53 Å². The van der Waals surface area contributed by atoms with Crippen molar-refractivity contribution in [1.82, 2.24) is 14.7 Å². The maximum absolute atomic E-state index is 12.8. The Morgan fingerprint density at radius 3 is 2.42 bits per heavy atom. The summed E-state index contributed by atoms with van der Waals surface area (Å²) in [5.41, 5.74) is 5.82. The number of fused-ring (bicyclic) bond motifs is 1. The molecule has 4 rings (SSSR count). The van der Waals surface area contributed by atoms with Gasteiger partial charge in [-0.1, -0.05) is 35.9 Å². The second-order valence-electron chi connectivity index (χ2n) is 8.56. The molecule has 0 saturated heterocycles. The summed E-state index contributed by atoms with van der Waals surface area (Å²) < 4.78 is 7.17. The highest BCUT2D eigenvalue weighted by molar-refractivity contribution is 5.93. The molecule has 0 aliphatic carbocycles. The lowest BCUT2D eigenvalue weighted by atomic mass is 10.1. The van der Waals surface area contributed by atoms with Crippen LogP contribution in [0, 0.1) is 20.8 Å². The van der Waals surface area contributed by atoms with Gasteiger partial charge in [0.1, 0.15) is 5.75 Å². The molecule has 170 valence electrons. The molecule has 0 bridgehead atoms. The predicted octanol–water partition coefficient (Wildman–Crippen LogP) is 5.03. The average Bonchev–Trinajstić information content (AvgIpc) is 3.07. The van der Waals surface area contributed by atoms with Crippen LogP contribution in [0.2, 0.25) is 0 Å². The fourth-order valence-electron chi connectivity index (χ4n) is 4.05. The molecule has 0 spiro atoms. The molecular weight excluding hydrogens is 412 g/mol. The fourth-order valence-corrected chi connectivity index (χ4v) is 4.05. The van der Waals surface area contributed by atoms with E-state index >= 15 is 0 Å². The molecular formula is C27H30N4O2. The topological polar surface area (TPSA) is 59.4 Å². The highest BCUT2D eigenvalue weighted by Crippen LogP contribution is 2.24. The lowest BCUT2D eigenvalue weighted by Gasteiger charge is -2.17. The van der Waals surface area contributed by atoms with Gasteiger partial charge in [-0.2, -0.15) is 5.10 Å². The Morgan fingerprint density at radius 2 is 1.70 bits per heavy atom. The molecule has 6 heteroatoms. The minimum atomic E-state index is -0.0577. The van der Waals surface area contributed by atoms with Gasteiger partial charge in [0.15, 0.2) is 0 Å². The van der Waals surface area contributed by atoms with Crippen LogP contribution < -0.4 is 10.1 Å². The fraction of sp³-hybridized carbons (Fsp3) is 0.259. The number of ether oxygens (including phenoxy) is 1. The summed E-state index contributed by atoms with van der Waals surface area (Å²) in [6, 6.07) is 20.6. The summed E-state index contributed by atoms with van der Waals surface area (Å²) in [5, 5.41) is 9.98. The number of carbonyl (C=O) groups excluding carboxylic acids is 1. The Morgan fingerprint density at radius 1 is 1.00 bits per heavy atom. The second kappa shape index (κ2) is 9.46. The van der Waals surface area contributed by atoms with Gasteiger partial charge < -0.3 is 10.1 Å². The highest BCUT2D eigenvalue weighted by atomic mass is 16.5. The third-order valence-electron chi connectivity index (χ3n) is 5.81. The molecule has 6 nitrogen and oxygen atoms in total. The lowest BCUT2D eigenvalue weighted by Crippen LogP contribution is -2.30. The molecule has 4 aromatic rings. The Hall–Kier alpha value is -3.64. The number of likely N-dealkylation sites (N-methyl/N-ethyl adjacent to an activating group) is 1. The zero-order chi connectivity index (χ0) is 23.5. The first kappa shape index (κ1) is 22.6. The molecule has 33 heavy (non-hydrogen) atoms. The molecule has 0 aliphatic heterocycles. The number of nitrogens with zero attached hydrogens (tertiary/aromatic N) is 3. The van der Waals surface area contributed by atoms with Crippen LogP contribution in [0.4, 0.5) is 5.69 Å². The van der Waals surface area contributed by atoms with E-state index < -0.39 is 0 Å². The minimum Gasteiger partial charge on any atom is -0.497 e. The normalized spacial score (nSPS) is 11.2. The number of nitrogens with one attached hydrogen (secondary N) is 1. The van der Waals surface area contributed by atoms with Gasteiger partial charge >= 0.3 is 0 Å². The number of methoxy groups -OCH3 is 1. The van der Waals surface area contributed by atoms with Crippen molar-refractivity contribution in [2.75, 3.05) is 26.0 Å². The first-order chi connectivity index (χ1) is 15.8. The molecule has 0 atom stereocenters. The predicted molar refractivity (Wildman–Crippen MR) is 133 cm³/mol. The summed E-state index contributed by atoms with van der Waals surface area (Å²) in [4.78, 5) is 14.8. The second-order valence-corrected chi connectivity index (χ2v) is 8.56. The third-order valence-corrected chi connectivity index (χ3v) is 5.81. The number of benzene rings is 3. The van der Waals surface area contributed by atoms with Crippen LogP contribution in [-0.2, 0) is 11.3 Å². The van der Waals surface area contributed by atoms with E-state index in [0.29, 0.717) is 6.54 Å². The van der Waals surface area contributed by atoms with Crippen molar-refractivity contribution in [1.29, 1.82) is 0 Å². The molecule has 0 fully saturated rings. The van der Waals surface area contributed by atoms with Crippen LogP contribution in [0.1, 0.15) is 22.5 Å². The van der Waals surface area contributed by atoms with Gasteiger partial charge in [-0.05, 0) is 74.5 Å². The van der Waals surface area contributed by atoms with Crippen LogP contribution in [0.3, 0.4) is 0 Å². The number of aryl methyl sites for hydroxylation is 2. The van der Waals surface area contributed by atoms with E-state index in [1.165, 1.54) is 5.56 Å². The summed E-state index contributed by atoms with van der Waals surface area (Å²) >= 11 is 0. The smallest absolute Gasteiger partial charge is 0.238 e. The van der Waals surface area contributed by atoms with Crippen molar-refractivity contribution in [2.45, 2.75) is 27.3 Å². The van der Waals surface area contributed by atoms with E-state index in [1.807, 2.05) is 54.7 Å². The molecule has 0 aliphatic rings. The number of aromatic nitrogens is 2. The number of carbonyl (C=O) groups is 1. The van der Waals surface area contributed by atoms with Crippen molar-refractivity contribution in [3.63, 3.8) is 0 Å². The Bertz CT molecular complexity index is 1290. The van der Waals surface area contributed by atoms with E-state index in [0.717, 1.165) is 44.8 Å². The SMILES string of the molecule is COc1ccc2cc(CN(C)CC(=O)Nc3c(C)nn(-c4ccc(C)cc4)c3C)ccc2c1. The summed E-state index contributed by atoms with van der Waals surface area (Å²) in [6.07, 6.45) is 0. The zero-order valence-corrected chi connectivity index (χ0v) is 19.8. The van der Waals surface area contributed by atoms with Gasteiger partial charge in [-0.3, -0.25) is 9.69 Å². The highest BCUT2D eigenvalue weighted by Gasteiger charge is 2.16. The van der Waals surface area contributed by atoms with Gasteiger partial charge in [0.25, 0.3) is 0 Å². The molecule has 1 aromatic heterocycles. The first-order valence-electron chi connectivity index (χ1n) is 11.0. The standard InChI is InChI=1S/C27H30N4O2/c1-18-6-11-24(12-7-18)31-20(3)27(19(2)29-31)28-26(32)17-30(4)16-21-8-9-23-15-25(33-5)13-10-22(23)14-21/h6-15H,16-17H2,1-5H3,(H,28,32). The number of hydrogen-bond donors (Lipinski definition) is 1. The molecule has 3 aromatic carbocycles. The third kappa shape index (κ3) is 5.07. The summed E-state index contributed by atoms with van der Waals surface area (Å²) in [6.45, 7) is 6.91. The van der Waals surface area contributed by atoms with E-state index in [9.17, 15) is 4.79 Å². The summed E-state index contributed by atoms with van der Waals surface area (Å²) in [5.74, 6) is 0.790. The Balaban J connectivity index is 1.41. The monoisotopic (exact) mass is 442 g/mol. The van der Waals surface area contributed by atoms with Crippen LogP contribution >= 0.6 is 0 Å². The lowest BCUT2D eigenvalue weighted by molar-refractivity contribution is -0.117. The average molecular weight is 443 g/mol. The van der Waals surface area contributed by atoms with Gasteiger partial charge in [0.05, 0.1) is 36.4 Å². The quantitative estimate of drug-likeness (QED) is 0.436. The molecule has 1 heterocycles. The van der Waals surface area contributed by atoms with Crippen molar-refractivity contribution >= 4 is 22.4 Å². The number of amides is 1. The van der Waals surface area contributed by atoms with Gasteiger partial charge in [-0.25, -0.2) is 4.68 Å². The van der Waals surface area contributed by atoms with Crippen LogP contribution in [0.5, 0.6) is 5.75 Å². The number of anilines is 1. The van der Waals surface area contributed by atoms with Crippen molar-refractivity contribution in [2.24, 2.45) is 0 Å². The minimum absolute atomic E-state index is 0.0577. The Kier molecular flexibility index (Phi) is 6.47. The van der Waals surface area contributed by atoms with Crippen molar-refractivity contribution in [3.05, 3.63) is 83.2 Å². The summed E-state index contributed by atoms with van der Waals surface area (Å²) in [7, 11) is 3.62. The maximum atomic E-state index is 12.8. The molecule has 1 N–H and O–H groups in total. The largest absolute Gasteiger partial charge is 0.497 e. The number of rotatable bonds is 7. The van der Waals surface area contributed by atoms with Crippen molar-refractivity contribution in [3.8, 4) is 11.4 Å². The molecule has 0 unspecified atom stereocenters. The van der Waals surface area contributed by atoms with Crippen LogP contribution in [0.15, 0.2) is 60.7 Å². The molecule has 0 saturated carbocycles. The van der Waals surface area contributed by atoms with Crippen LogP contribution in [0.25, 0.3) is 16.5 Å². The Labute approximate surface area is 194 Å². The van der Waals surface area contributed by atoms with Gasteiger partial charge in [0.2, 0.25) is 5.91 Å². The van der Waals surface area contributed by atoms with E-state index in [2.05, 4.69) is 53.7 Å². The first-order valence-corrected chi connectivity index (χ1v) is 11.0. The van der Waals surface area contributed by atoms with E-state index in [1.54, 1.807) is 7.11 Å². The van der Waals surface area contributed by atoms with Gasteiger partial charge in [0, 0.05) is 6.54 Å². The van der Waals surface area contributed by atoms with Crippen LogP contribution in [-0.4, -0.2) is 41.3 Å². The molecule has 0 radical (unpaired) electrons. The molecule has 1 amide bonds. The number of hydrogen-bond acceptors (Lipinski definition) is 4. The van der Waals surface area contributed by atoms with Gasteiger partial charge in [-0.15, -0.1) is 0 Å². The van der Waals surface area contributed by atoms with E-state index in [-0.39, 0.29) is 12.5 Å².